The zero-order chi connectivity index (χ0) is 13.8. The largest absolute Gasteiger partial charge is 3.00 e. The van der Waals surface area contributed by atoms with E-state index in [1.807, 2.05) is 6.07 Å². The van der Waals surface area contributed by atoms with Crippen LogP contribution < -0.4 is 0 Å². The summed E-state index contributed by atoms with van der Waals surface area (Å²) in [7, 11) is 0. The van der Waals surface area contributed by atoms with E-state index in [0.29, 0.717) is 5.02 Å². The first-order chi connectivity index (χ1) is 8.29. The molecule has 0 amide bonds. The molecule has 1 aromatic rings. The van der Waals surface area contributed by atoms with Gasteiger partial charge in [0.1, 0.15) is 5.75 Å². The van der Waals surface area contributed by atoms with Crippen molar-refractivity contribution >= 4 is 47.4 Å². The fraction of sp³-hybridized carbons (Fsp3) is 0.333. The average Bonchev–Trinajstić information content (AvgIpc) is 2.67. The molecule has 24 heavy (non-hydrogen) atoms. The Hall–Kier alpha value is 0.301. The van der Waals surface area contributed by atoms with Gasteiger partial charge in [-0.25, -0.2) is 11.6 Å². The van der Waals surface area contributed by atoms with Crippen molar-refractivity contribution in [1.29, 1.82) is 0 Å². The molecule has 6 heteroatoms. The van der Waals surface area contributed by atoms with Gasteiger partial charge < -0.3 is 20.0 Å². The summed E-state index contributed by atoms with van der Waals surface area (Å²) < 4.78 is 0. The Kier molecular flexibility index (Phi) is 29.7. The summed E-state index contributed by atoms with van der Waals surface area (Å²) in [4.78, 5) is 0. The van der Waals surface area contributed by atoms with Crippen LogP contribution in [-0.2, 0) is 27.1 Å². The van der Waals surface area contributed by atoms with Gasteiger partial charge >= 0.3 is 21.7 Å². The Balaban J connectivity index is -0.0000000600. The molecule has 1 aliphatic rings. The average molecular weight is 443 g/mol. The maximum absolute atomic E-state index is 9.27. The second-order valence-corrected chi connectivity index (χ2v) is 5.85. The van der Waals surface area contributed by atoms with Gasteiger partial charge in [-0.05, 0) is 29.2 Å². The minimum atomic E-state index is 0. The molecule has 0 fully saturated rings. The first kappa shape index (κ1) is 39.4. The number of phenolic OH excluding ortho intramolecular Hbond substituents is 1. The molecular weight excluding hydrogens is 415 g/mol. The van der Waals surface area contributed by atoms with Crippen molar-refractivity contribution in [3.05, 3.63) is 67.4 Å². The van der Waals surface area contributed by atoms with Crippen LogP contribution in [0.15, 0.2) is 35.9 Å². The summed E-state index contributed by atoms with van der Waals surface area (Å²) in [5.74, 6) is 0.229. The van der Waals surface area contributed by atoms with Crippen molar-refractivity contribution < 1.29 is 26.8 Å². The SMILES string of the molecule is CC(C)(C)c1cc(O)cc(Cl)c1.CC1=[C-]CC=C1.Cl.Cl.[CH3-].[CH3-].[Si].[Ti+3]. The van der Waals surface area contributed by atoms with Gasteiger partial charge in [-0.1, -0.05) is 39.3 Å². The van der Waals surface area contributed by atoms with E-state index in [2.05, 4.69) is 45.9 Å². The molecule has 0 aromatic heterocycles. The van der Waals surface area contributed by atoms with Crippen LogP contribution in [0.1, 0.15) is 39.7 Å². The summed E-state index contributed by atoms with van der Waals surface area (Å²) in [6.45, 7) is 8.30. The molecule has 0 atom stereocenters. The normalized spacial score (nSPS) is 10.5. The Bertz CT molecular complexity index is 461. The van der Waals surface area contributed by atoms with E-state index in [4.69, 9.17) is 11.6 Å². The van der Waals surface area contributed by atoms with Crippen LogP contribution in [0.2, 0.25) is 5.02 Å². The summed E-state index contributed by atoms with van der Waals surface area (Å²) in [5.41, 5.74) is 2.35. The number of benzene rings is 1. The predicted octanol–water partition coefficient (Wildman–Crippen LogP) is 6.40. The summed E-state index contributed by atoms with van der Waals surface area (Å²) in [6, 6.07) is 5.16. The van der Waals surface area contributed by atoms with E-state index < -0.39 is 0 Å². The Morgan fingerprint density at radius 1 is 1.08 bits per heavy atom. The molecule has 0 saturated heterocycles. The molecule has 0 bridgehead atoms. The van der Waals surface area contributed by atoms with Gasteiger partial charge in [0.25, 0.3) is 0 Å². The van der Waals surface area contributed by atoms with Gasteiger partial charge in [0.05, 0.1) is 0 Å². The molecule has 135 valence electrons. The minimum absolute atomic E-state index is 0. The topological polar surface area (TPSA) is 20.2 Å². The third-order valence-corrected chi connectivity index (χ3v) is 2.83. The summed E-state index contributed by atoms with van der Waals surface area (Å²) in [5, 5.41) is 9.86. The number of rotatable bonds is 0. The molecule has 0 heterocycles. The van der Waals surface area contributed by atoms with Gasteiger partial charge in [-0.15, -0.1) is 31.2 Å². The zero-order valence-corrected chi connectivity index (χ0v) is 20.2. The van der Waals surface area contributed by atoms with Gasteiger partial charge in [0.2, 0.25) is 0 Å². The van der Waals surface area contributed by atoms with E-state index in [1.54, 1.807) is 6.07 Å². The first-order valence-electron chi connectivity index (χ1n) is 6.03. The molecule has 2 rings (SSSR count). The van der Waals surface area contributed by atoms with E-state index in [9.17, 15) is 5.11 Å². The monoisotopic (exact) mass is 441 g/mol. The molecule has 1 aliphatic carbocycles. The van der Waals surface area contributed by atoms with Crippen LogP contribution in [0.25, 0.3) is 0 Å². The second-order valence-electron chi connectivity index (χ2n) is 5.41. The van der Waals surface area contributed by atoms with Crippen LogP contribution in [0.4, 0.5) is 0 Å². The molecule has 1 N–H and O–H groups in total. The number of allylic oxidation sites excluding steroid dienone is 4. The van der Waals surface area contributed by atoms with Crippen molar-refractivity contribution in [2.24, 2.45) is 0 Å². The van der Waals surface area contributed by atoms with E-state index in [-0.39, 0.29) is 83.5 Å². The van der Waals surface area contributed by atoms with E-state index in [1.165, 1.54) is 11.6 Å². The van der Waals surface area contributed by atoms with Gasteiger partial charge in [-0.3, -0.25) is 6.08 Å². The van der Waals surface area contributed by atoms with E-state index >= 15 is 0 Å². The molecule has 1 nitrogen and oxygen atoms in total. The quantitative estimate of drug-likeness (QED) is 0.364. The zero-order valence-electron chi connectivity index (χ0n) is 15.2. The van der Waals surface area contributed by atoms with Crippen LogP contribution >= 0.6 is 36.4 Å². The maximum atomic E-state index is 9.27. The maximum Gasteiger partial charge on any atom is 3.00 e. The Labute approximate surface area is 186 Å². The molecule has 1 aromatic carbocycles. The molecule has 0 spiro atoms. The fourth-order valence-corrected chi connectivity index (χ4v) is 1.75. The molecule has 0 unspecified atom stereocenters. The number of aromatic hydroxyl groups is 1. The number of hydrogen-bond donors (Lipinski definition) is 1. The van der Waals surface area contributed by atoms with Crippen LogP contribution in [0.3, 0.4) is 0 Å². The van der Waals surface area contributed by atoms with Gasteiger partial charge in [-0.2, -0.15) is 6.08 Å². The Morgan fingerprint density at radius 3 is 1.83 bits per heavy atom. The van der Waals surface area contributed by atoms with Crippen molar-refractivity contribution in [1.82, 2.24) is 0 Å². The standard InChI is InChI=1S/C10H13ClO.C6H7.2CH3.2ClH.Si.Ti/c1-10(2,3)7-4-8(11)6-9(12)5-7;1-6-4-2-3-5-6;;;;;;/h4-6,12H,1-3H3;2,4H,3H2,1H3;2*1H3;2*1H;;/q;3*-1;;;;+3. The molecule has 0 saturated carbocycles. The van der Waals surface area contributed by atoms with Gasteiger partial charge in [0, 0.05) is 16.0 Å². The molecule has 0 aliphatic heterocycles. The smallest absolute Gasteiger partial charge is 0.508 e. The number of hydrogen-bond acceptors (Lipinski definition) is 1. The van der Waals surface area contributed by atoms with Crippen LogP contribution in [-0.4, -0.2) is 16.1 Å². The number of halogens is 3. The fourth-order valence-electron chi connectivity index (χ4n) is 1.52. The minimum Gasteiger partial charge on any atom is -0.508 e. The number of phenols is 1. The predicted molar refractivity (Wildman–Crippen MR) is 111 cm³/mol. The second kappa shape index (κ2) is 18.1. The van der Waals surface area contributed by atoms with Crippen molar-refractivity contribution in [3.63, 3.8) is 0 Å². The van der Waals surface area contributed by atoms with Crippen molar-refractivity contribution in [3.8, 4) is 5.75 Å². The Morgan fingerprint density at radius 2 is 1.58 bits per heavy atom. The van der Waals surface area contributed by atoms with Crippen molar-refractivity contribution in [2.75, 3.05) is 0 Å². The summed E-state index contributed by atoms with van der Waals surface area (Å²) >= 11 is 5.80. The third-order valence-electron chi connectivity index (χ3n) is 2.62. The van der Waals surface area contributed by atoms with Crippen molar-refractivity contribution in [2.45, 2.75) is 39.5 Å². The third kappa shape index (κ3) is 15.8. The van der Waals surface area contributed by atoms with Crippen LogP contribution in [0, 0.1) is 20.9 Å². The molecular formula is C18H28Cl3OSiTi. The molecule has 5 radical (unpaired) electrons. The van der Waals surface area contributed by atoms with E-state index in [0.717, 1.165) is 12.0 Å². The van der Waals surface area contributed by atoms with Gasteiger partial charge in [0.15, 0.2) is 0 Å². The first-order valence-corrected chi connectivity index (χ1v) is 6.41. The van der Waals surface area contributed by atoms with Crippen LogP contribution in [0.5, 0.6) is 5.75 Å². The summed E-state index contributed by atoms with van der Waals surface area (Å²) in [6.07, 6.45) is 8.33.